The first-order valence-corrected chi connectivity index (χ1v) is 15.5. The number of hydrogen-bond donors (Lipinski definition) is 3. The van der Waals surface area contributed by atoms with Crippen molar-refractivity contribution in [2.75, 3.05) is 5.32 Å². The van der Waals surface area contributed by atoms with Gasteiger partial charge in [0.05, 0.1) is 0 Å². The number of phenols is 1. The lowest BCUT2D eigenvalue weighted by Crippen LogP contribution is -2.58. The minimum atomic E-state index is -1.08. The molecule has 46 heavy (non-hydrogen) atoms. The Morgan fingerprint density at radius 1 is 0.826 bits per heavy atom. The van der Waals surface area contributed by atoms with E-state index in [1.165, 1.54) is 12.1 Å². The third-order valence-corrected chi connectivity index (χ3v) is 7.58. The van der Waals surface area contributed by atoms with Crippen molar-refractivity contribution in [3.8, 4) is 5.75 Å². The number of benzene rings is 4. The van der Waals surface area contributed by atoms with Gasteiger partial charge in [0, 0.05) is 17.6 Å². The molecule has 0 saturated heterocycles. The smallest absolute Gasteiger partial charge is 0.408 e. The predicted octanol–water partition coefficient (Wildman–Crippen LogP) is 7.61. The average molecular weight is 624 g/mol. The monoisotopic (exact) mass is 623 g/mol. The van der Waals surface area contributed by atoms with Gasteiger partial charge in [-0.1, -0.05) is 66.2 Å². The van der Waals surface area contributed by atoms with E-state index in [9.17, 15) is 19.5 Å². The van der Waals surface area contributed by atoms with Gasteiger partial charge >= 0.3 is 6.09 Å². The van der Waals surface area contributed by atoms with Gasteiger partial charge in [-0.15, -0.1) is 0 Å². The van der Waals surface area contributed by atoms with Gasteiger partial charge in [-0.3, -0.25) is 9.59 Å². The van der Waals surface area contributed by atoms with Gasteiger partial charge in [-0.25, -0.2) is 4.79 Å². The molecule has 0 heterocycles. The SMILES string of the molecule is Cc1ccc(C)c(C(C(=O)Nc2ccc3ccccc3c2)N(C(=O)C(Cc2ccc(O)cc2)NC(=O)OC(C)(C)C)C(C)(C)C)c1. The van der Waals surface area contributed by atoms with E-state index in [2.05, 4.69) is 10.6 Å². The summed E-state index contributed by atoms with van der Waals surface area (Å²) in [5.41, 5.74) is 2.14. The van der Waals surface area contributed by atoms with E-state index < -0.39 is 35.2 Å². The van der Waals surface area contributed by atoms with E-state index in [0.29, 0.717) is 16.8 Å². The first-order valence-electron chi connectivity index (χ1n) is 15.5. The van der Waals surface area contributed by atoms with Crippen LogP contribution in [0.3, 0.4) is 0 Å². The Hall–Kier alpha value is -4.85. The van der Waals surface area contributed by atoms with Crippen LogP contribution in [0.15, 0.2) is 84.9 Å². The summed E-state index contributed by atoms with van der Waals surface area (Å²) >= 11 is 0. The number of alkyl carbamates (subject to hydrolysis) is 1. The number of carbonyl (C=O) groups excluding carboxylic acids is 3. The second kappa shape index (κ2) is 13.6. The summed E-state index contributed by atoms with van der Waals surface area (Å²) in [7, 11) is 0. The number of phenolic OH excluding ortho intramolecular Hbond substituents is 1. The third kappa shape index (κ3) is 8.65. The van der Waals surface area contributed by atoms with Crippen LogP contribution >= 0.6 is 0 Å². The highest BCUT2D eigenvalue weighted by atomic mass is 16.6. The van der Waals surface area contributed by atoms with Crippen molar-refractivity contribution < 1.29 is 24.2 Å². The minimum Gasteiger partial charge on any atom is -0.508 e. The maximum Gasteiger partial charge on any atom is 0.408 e. The van der Waals surface area contributed by atoms with Crippen molar-refractivity contribution in [2.45, 2.75) is 85.0 Å². The first-order chi connectivity index (χ1) is 21.5. The van der Waals surface area contributed by atoms with Crippen molar-refractivity contribution in [3.63, 3.8) is 0 Å². The summed E-state index contributed by atoms with van der Waals surface area (Å²) in [6.45, 7) is 14.7. The summed E-state index contributed by atoms with van der Waals surface area (Å²) in [5, 5.41) is 17.7. The number of aryl methyl sites for hydroxylation is 2. The molecule has 2 unspecified atom stereocenters. The molecule has 2 atom stereocenters. The molecular formula is C38H45N3O5. The number of hydrogen-bond acceptors (Lipinski definition) is 5. The average Bonchev–Trinajstić information content (AvgIpc) is 2.96. The van der Waals surface area contributed by atoms with Crippen molar-refractivity contribution in [1.82, 2.24) is 10.2 Å². The zero-order valence-corrected chi connectivity index (χ0v) is 28.0. The van der Waals surface area contributed by atoms with Gasteiger partial charge in [0.1, 0.15) is 23.4 Å². The summed E-state index contributed by atoms with van der Waals surface area (Å²) in [6, 6.07) is 23.8. The summed E-state index contributed by atoms with van der Waals surface area (Å²) in [4.78, 5) is 44.0. The number of carbonyl (C=O) groups is 3. The Morgan fingerprint density at radius 2 is 1.48 bits per heavy atom. The molecule has 0 bridgehead atoms. The molecule has 4 aromatic rings. The quantitative estimate of drug-likeness (QED) is 0.187. The number of ether oxygens (including phenoxy) is 1. The van der Waals surface area contributed by atoms with Crippen LogP contribution in [-0.4, -0.2) is 45.1 Å². The Bertz CT molecular complexity index is 1720. The second-order valence-electron chi connectivity index (χ2n) is 13.8. The minimum absolute atomic E-state index is 0.0865. The van der Waals surface area contributed by atoms with Gasteiger partial charge in [0.2, 0.25) is 5.91 Å². The highest BCUT2D eigenvalue weighted by Gasteiger charge is 2.42. The van der Waals surface area contributed by atoms with E-state index in [4.69, 9.17) is 4.74 Å². The van der Waals surface area contributed by atoms with Crippen LogP contribution in [0.25, 0.3) is 10.8 Å². The van der Waals surface area contributed by atoms with Crippen LogP contribution in [0.2, 0.25) is 0 Å². The maximum absolute atomic E-state index is 14.8. The zero-order chi connectivity index (χ0) is 33.8. The number of aromatic hydroxyl groups is 1. The third-order valence-electron chi connectivity index (χ3n) is 7.58. The number of fused-ring (bicyclic) bond motifs is 1. The van der Waals surface area contributed by atoms with Gasteiger partial charge < -0.3 is 25.4 Å². The second-order valence-corrected chi connectivity index (χ2v) is 13.8. The molecule has 0 radical (unpaired) electrons. The number of rotatable bonds is 8. The molecule has 8 heteroatoms. The molecule has 4 rings (SSSR count). The Labute approximate surface area is 271 Å². The molecule has 0 aliphatic rings. The molecule has 0 spiro atoms. The molecule has 0 aliphatic carbocycles. The fraction of sp³-hybridized carbons (Fsp3) is 0.342. The van der Waals surface area contributed by atoms with Gasteiger partial charge in [0.15, 0.2) is 0 Å². The molecular weight excluding hydrogens is 578 g/mol. The summed E-state index contributed by atoms with van der Waals surface area (Å²) < 4.78 is 5.54. The number of nitrogens with zero attached hydrogens (tertiary/aromatic N) is 1. The molecule has 3 N–H and O–H groups in total. The number of amides is 3. The van der Waals surface area contributed by atoms with Gasteiger partial charge in [-0.05, 0) is 107 Å². The van der Waals surface area contributed by atoms with Gasteiger partial charge in [-0.2, -0.15) is 0 Å². The number of nitrogens with one attached hydrogen (secondary N) is 2. The molecule has 0 aromatic heterocycles. The van der Waals surface area contributed by atoms with Crippen LogP contribution < -0.4 is 10.6 Å². The van der Waals surface area contributed by atoms with Crippen LogP contribution in [0.4, 0.5) is 10.5 Å². The normalized spacial score (nSPS) is 13.0. The molecule has 0 aliphatic heterocycles. The first kappa shape index (κ1) is 34.0. The fourth-order valence-electron chi connectivity index (χ4n) is 5.46. The Morgan fingerprint density at radius 3 is 2.11 bits per heavy atom. The highest BCUT2D eigenvalue weighted by molar-refractivity contribution is 6.01. The lowest BCUT2D eigenvalue weighted by molar-refractivity contribution is -0.146. The largest absolute Gasteiger partial charge is 0.508 e. The van der Waals surface area contributed by atoms with E-state index in [-0.39, 0.29) is 18.1 Å². The van der Waals surface area contributed by atoms with Crippen LogP contribution in [-0.2, 0) is 20.7 Å². The Kier molecular flexibility index (Phi) is 10.1. The zero-order valence-electron chi connectivity index (χ0n) is 28.0. The maximum atomic E-state index is 14.8. The predicted molar refractivity (Wildman–Crippen MR) is 183 cm³/mol. The topological polar surface area (TPSA) is 108 Å². The molecule has 3 amide bonds. The molecule has 8 nitrogen and oxygen atoms in total. The highest BCUT2D eigenvalue weighted by Crippen LogP contribution is 2.34. The van der Waals surface area contributed by atoms with Crippen LogP contribution in [0.5, 0.6) is 5.75 Å². The molecule has 242 valence electrons. The fourth-order valence-corrected chi connectivity index (χ4v) is 5.46. The van der Waals surface area contributed by atoms with Gasteiger partial charge in [0.25, 0.3) is 5.91 Å². The molecule has 0 fully saturated rings. The summed E-state index contributed by atoms with van der Waals surface area (Å²) in [5.74, 6) is -0.748. The van der Waals surface area contributed by atoms with Crippen LogP contribution in [0.1, 0.15) is 69.8 Å². The van der Waals surface area contributed by atoms with Crippen LogP contribution in [0, 0.1) is 13.8 Å². The summed E-state index contributed by atoms with van der Waals surface area (Å²) in [6.07, 6.45) is -0.640. The Balaban J connectivity index is 1.81. The van der Waals surface area contributed by atoms with Crippen molar-refractivity contribution in [2.24, 2.45) is 0 Å². The lowest BCUT2D eigenvalue weighted by Gasteiger charge is -2.43. The van der Waals surface area contributed by atoms with E-state index in [1.807, 2.05) is 95.3 Å². The van der Waals surface area contributed by atoms with Crippen molar-refractivity contribution in [3.05, 3.63) is 107 Å². The van der Waals surface area contributed by atoms with E-state index >= 15 is 0 Å². The van der Waals surface area contributed by atoms with E-state index in [0.717, 1.165) is 21.9 Å². The lowest BCUT2D eigenvalue weighted by atomic mass is 9.91. The van der Waals surface area contributed by atoms with Crippen molar-refractivity contribution >= 4 is 34.4 Å². The van der Waals surface area contributed by atoms with E-state index in [1.54, 1.807) is 37.8 Å². The van der Waals surface area contributed by atoms with Crippen molar-refractivity contribution in [1.29, 1.82) is 0 Å². The molecule has 4 aromatic carbocycles. The standard InChI is InChI=1S/C38H45N3O5/c1-24-13-14-25(2)31(21-24)33(34(43)39-29-18-17-27-11-9-10-12-28(27)23-29)41(37(3,4)5)35(44)32(40-36(45)46-38(6,7)8)22-26-15-19-30(42)20-16-26/h9-21,23,32-33,42H,22H2,1-8H3,(H,39,43)(H,40,45). The number of anilines is 1. The molecule has 0 saturated carbocycles.